The van der Waals surface area contributed by atoms with E-state index in [1.807, 2.05) is 19.1 Å². The molecule has 0 fully saturated rings. The molecule has 0 heterocycles. The summed E-state index contributed by atoms with van der Waals surface area (Å²) in [4.78, 5) is 11.9. The Morgan fingerprint density at radius 3 is 2.35 bits per heavy atom. The van der Waals surface area contributed by atoms with Crippen LogP contribution in [-0.4, -0.2) is 50.6 Å². The van der Waals surface area contributed by atoms with E-state index in [0.717, 1.165) is 5.56 Å². The molecule has 1 aromatic carbocycles. The van der Waals surface area contributed by atoms with Gasteiger partial charge in [0.05, 0.1) is 12.5 Å². The van der Waals surface area contributed by atoms with Gasteiger partial charge in [0.25, 0.3) is 5.91 Å². The molecule has 1 amide bonds. The summed E-state index contributed by atoms with van der Waals surface area (Å²) in [6.07, 6.45) is 0.469. The molecular formula is C14H23NO4Si. The lowest BCUT2D eigenvalue weighted by atomic mass is 10.1. The molecule has 20 heavy (non-hydrogen) atoms. The van der Waals surface area contributed by atoms with Gasteiger partial charge < -0.3 is 20.0 Å². The van der Waals surface area contributed by atoms with E-state index in [2.05, 4.69) is 5.32 Å². The number of nitrogens with one attached hydrogen (secondary N) is 1. The normalized spacial score (nSPS) is 11.4. The van der Waals surface area contributed by atoms with Crippen molar-refractivity contribution in [2.24, 2.45) is 0 Å². The van der Waals surface area contributed by atoms with E-state index in [1.165, 1.54) is 7.11 Å². The van der Waals surface area contributed by atoms with Gasteiger partial charge in [-0.15, -0.1) is 0 Å². The summed E-state index contributed by atoms with van der Waals surface area (Å²) in [6.45, 7) is 2.48. The molecule has 0 spiro atoms. The zero-order chi connectivity index (χ0) is 15.0. The van der Waals surface area contributed by atoms with Crippen molar-refractivity contribution in [3.05, 3.63) is 35.4 Å². The molecule has 0 radical (unpaired) electrons. The lowest BCUT2D eigenvalue weighted by Gasteiger charge is -2.25. The zero-order valence-corrected chi connectivity index (χ0v) is 13.1. The van der Waals surface area contributed by atoms with Crippen LogP contribution in [-0.2, 0) is 4.43 Å². The third-order valence-corrected chi connectivity index (χ3v) is 6.70. The zero-order valence-electron chi connectivity index (χ0n) is 12.1. The van der Waals surface area contributed by atoms with Gasteiger partial charge in [-0.2, -0.15) is 0 Å². The number of aryl methyl sites for hydroxylation is 1. The monoisotopic (exact) mass is 297 g/mol. The van der Waals surface area contributed by atoms with E-state index in [-0.39, 0.29) is 18.4 Å². The second kappa shape index (κ2) is 8.16. The standard InChI is InChI=1S/C14H23NO4Si/c1-12-4-6-13(7-5-12)14(18)15-8-3-9-20(10-16,11-17)19-2/h4-7,16-17H,3,8-11H2,1-2H3,(H,15,18). The van der Waals surface area contributed by atoms with Crippen molar-refractivity contribution >= 4 is 14.2 Å². The molecule has 5 nitrogen and oxygen atoms in total. The second-order valence-corrected chi connectivity index (χ2v) is 8.84. The molecule has 0 aromatic heterocycles. The first-order valence-electron chi connectivity index (χ1n) is 6.68. The van der Waals surface area contributed by atoms with E-state index >= 15 is 0 Å². The van der Waals surface area contributed by atoms with Crippen LogP contribution in [0.25, 0.3) is 0 Å². The van der Waals surface area contributed by atoms with Crippen molar-refractivity contribution in [2.75, 3.05) is 26.1 Å². The molecule has 3 N–H and O–H groups in total. The summed E-state index contributed by atoms with van der Waals surface area (Å²) >= 11 is 0. The first-order valence-corrected chi connectivity index (χ1v) is 9.21. The van der Waals surface area contributed by atoms with E-state index in [0.29, 0.717) is 24.6 Å². The molecule has 0 aliphatic heterocycles. The molecule has 0 atom stereocenters. The largest absolute Gasteiger partial charge is 0.415 e. The fourth-order valence-corrected chi connectivity index (χ4v) is 3.56. The number of aliphatic hydroxyl groups is 2. The third kappa shape index (κ3) is 4.72. The number of benzene rings is 1. The summed E-state index contributed by atoms with van der Waals surface area (Å²) in [7, 11) is -0.899. The number of rotatable bonds is 8. The van der Waals surface area contributed by atoms with Crippen LogP contribution >= 0.6 is 0 Å². The minimum absolute atomic E-state index is 0.105. The maximum atomic E-state index is 11.9. The molecule has 0 unspecified atom stereocenters. The van der Waals surface area contributed by atoms with E-state index in [1.54, 1.807) is 12.1 Å². The fourth-order valence-electron chi connectivity index (χ4n) is 1.86. The average molecular weight is 297 g/mol. The van der Waals surface area contributed by atoms with Crippen molar-refractivity contribution in [2.45, 2.75) is 19.4 Å². The smallest absolute Gasteiger partial charge is 0.251 e. The molecule has 1 rings (SSSR count). The molecule has 0 saturated carbocycles. The minimum atomic E-state index is -2.42. The van der Waals surface area contributed by atoms with Crippen LogP contribution in [0.3, 0.4) is 0 Å². The van der Waals surface area contributed by atoms with E-state index < -0.39 is 8.32 Å². The second-order valence-electron chi connectivity index (χ2n) is 4.93. The molecule has 0 aliphatic carbocycles. The van der Waals surface area contributed by atoms with Crippen LogP contribution in [0.5, 0.6) is 0 Å². The maximum Gasteiger partial charge on any atom is 0.251 e. The van der Waals surface area contributed by atoms with Crippen LogP contribution in [0.15, 0.2) is 24.3 Å². The van der Waals surface area contributed by atoms with Crippen molar-refractivity contribution < 1.29 is 19.4 Å². The SMILES string of the molecule is CO[Si](CO)(CO)CCCNC(=O)c1ccc(C)cc1. The Morgan fingerprint density at radius 2 is 1.85 bits per heavy atom. The van der Waals surface area contributed by atoms with Gasteiger partial charge in [0.15, 0.2) is 0 Å². The number of hydrogen-bond donors (Lipinski definition) is 3. The average Bonchev–Trinajstić information content (AvgIpc) is 2.49. The van der Waals surface area contributed by atoms with Crippen molar-refractivity contribution in [1.29, 1.82) is 0 Å². The molecule has 0 aliphatic rings. The Labute approximate surface area is 120 Å². The van der Waals surface area contributed by atoms with Crippen molar-refractivity contribution in [3.63, 3.8) is 0 Å². The predicted octanol–water partition coefficient (Wildman–Crippen LogP) is 0.770. The summed E-state index contributed by atoms with van der Waals surface area (Å²) in [5.41, 5.74) is 1.75. The number of hydrogen-bond acceptors (Lipinski definition) is 4. The van der Waals surface area contributed by atoms with Gasteiger partial charge in [0, 0.05) is 19.2 Å². The topological polar surface area (TPSA) is 78.8 Å². The van der Waals surface area contributed by atoms with Crippen LogP contribution in [0.1, 0.15) is 22.3 Å². The molecule has 0 saturated heterocycles. The van der Waals surface area contributed by atoms with Gasteiger partial charge in [-0.3, -0.25) is 4.79 Å². The highest BCUT2D eigenvalue weighted by Gasteiger charge is 2.31. The first-order chi connectivity index (χ1) is 9.56. The quantitative estimate of drug-likeness (QED) is 0.489. The summed E-state index contributed by atoms with van der Waals surface area (Å²) in [5.74, 6) is -0.109. The Bertz CT molecular complexity index is 409. The summed E-state index contributed by atoms with van der Waals surface area (Å²) < 4.78 is 5.27. The minimum Gasteiger partial charge on any atom is -0.415 e. The van der Waals surface area contributed by atoms with Gasteiger partial charge in [0.2, 0.25) is 8.32 Å². The Kier molecular flexibility index (Phi) is 6.87. The van der Waals surface area contributed by atoms with Crippen LogP contribution in [0, 0.1) is 6.92 Å². The first kappa shape index (κ1) is 16.8. The molecular weight excluding hydrogens is 274 g/mol. The number of amides is 1. The molecule has 0 bridgehead atoms. The summed E-state index contributed by atoms with van der Waals surface area (Å²) in [5, 5.41) is 21.4. The fraction of sp³-hybridized carbons (Fsp3) is 0.500. The number of carbonyl (C=O) groups is 1. The predicted molar refractivity (Wildman–Crippen MR) is 79.9 cm³/mol. The van der Waals surface area contributed by atoms with Crippen LogP contribution in [0.4, 0.5) is 0 Å². The van der Waals surface area contributed by atoms with Gasteiger partial charge >= 0.3 is 0 Å². The van der Waals surface area contributed by atoms with Crippen molar-refractivity contribution in [3.8, 4) is 0 Å². The van der Waals surface area contributed by atoms with Gasteiger partial charge in [-0.05, 0) is 31.5 Å². The lowest BCUT2D eigenvalue weighted by molar-refractivity contribution is 0.0953. The number of aliphatic hydroxyl groups excluding tert-OH is 2. The highest BCUT2D eigenvalue weighted by Crippen LogP contribution is 2.11. The van der Waals surface area contributed by atoms with Crippen LogP contribution in [0.2, 0.25) is 6.04 Å². The molecule has 112 valence electrons. The van der Waals surface area contributed by atoms with E-state index in [9.17, 15) is 15.0 Å². The van der Waals surface area contributed by atoms with Crippen LogP contribution < -0.4 is 5.32 Å². The van der Waals surface area contributed by atoms with Gasteiger partial charge in [0.1, 0.15) is 0 Å². The number of carbonyl (C=O) groups excluding carboxylic acids is 1. The lowest BCUT2D eigenvalue weighted by Crippen LogP contribution is -2.47. The highest BCUT2D eigenvalue weighted by atomic mass is 28.4. The summed E-state index contributed by atoms with van der Waals surface area (Å²) in [6, 6.07) is 8.00. The van der Waals surface area contributed by atoms with Crippen molar-refractivity contribution in [1.82, 2.24) is 5.32 Å². The Balaban J connectivity index is 2.37. The van der Waals surface area contributed by atoms with Gasteiger partial charge in [-0.1, -0.05) is 17.7 Å². The van der Waals surface area contributed by atoms with Gasteiger partial charge in [-0.25, -0.2) is 0 Å². The Morgan fingerprint density at radius 1 is 1.25 bits per heavy atom. The molecule has 1 aromatic rings. The Hall–Kier alpha value is -1.21. The highest BCUT2D eigenvalue weighted by molar-refractivity contribution is 6.73. The third-order valence-electron chi connectivity index (χ3n) is 3.42. The van der Waals surface area contributed by atoms with E-state index in [4.69, 9.17) is 4.43 Å². The maximum absolute atomic E-state index is 11.9. The molecule has 6 heteroatoms.